The van der Waals surface area contributed by atoms with E-state index < -0.39 is 5.91 Å². The molecule has 3 aromatic rings. The van der Waals surface area contributed by atoms with Crippen molar-refractivity contribution in [3.05, 3.63) is 66.6 Å². The molecule has 4 heteroatoms. The van der Waals surface area contributed by atoms with Gasteiger partial charge in [-0.3, -0.25) is 4.79 Å². The number of amides is 1. The third-order valence-electron chi connectivity index (χ3n) is 3.13. The minimum atomic E-state index is -0.511. The van der Waals surface area contributed by atoms with Crippen LogP contribution in [0.2, 0.25) is 0 Å². The number of nitrogens with zero attached hydrogens (tertiary/aromatic N) is 1. The maximum absolute atomic E-state index is 11.4. The summed E-state index contributed by atoms with van der Waals surface area (Å²) in [6.07, 6.45) is 1.48. The van der Waals surface area contributed by atoms with Crippen LogP contribution in [-0.2, 0) is 0 Å². The number of H-pyrrole nitrogens is 1. The lowest BCUT2D eigenvalue weighted by atomic mass is 10.0. The van der Waals surface area contributed by atoms with Gasteiger partial charge in [0.25, 0.3) is 5.91 Å². The number of nitrogens with one attached hydrogen (secondary N) is 1. The number of aromatic nitrogens is 2. The summed E-state index contributed by atoms with van der Waals surface area (Å²) in [6.45, 7) is 0. The molecule has 0 saturated carbocycles. The van der Waals surface area contributed by atoms with Gasteiger partial charge in [0, 0.05) is 5.56 Å². The van der Waals surface area contributed by atoms with Gasteiger partial charge in [-0.1, -0.05) is 48.5 Å². The minimum Gasteiger partial charge on any atom is -0.364 e. The Bertz CT molecular complexity index is 747. The van der Waals surface area contributed by atoms with Crippen molar-refractivity contribution in [3.63, 3.8) is 0 Å². The molecular weight excluding hydrogens is 250 g/mol. The van der Waals surface area contributed by atoms with E-state index in [2.05, 4.69) is 9.97 Å². The highest BCUT2D eigenvalue weighted by atomic mass is 16.1. The average molecular weight is 263 g/mol. The zero-order chi connectivity index (χ0) is 13.9. The van der Waals surface area contributed by atoms with Crippen LogP contribution in [-0.4, -0.2) is 15.9 Å². The van der Waals surface area contributed by atoms with Crippen molar-refractivity contribution < 1.29 is 4.79 Å². The third-order valence-corrected chi connectivity index (χ3v) is 3.13. The van der Waals surface area contributed by atoms with E-state index in [1.165, 1.54) is 6.33 Å². The van der Waals surface area contributed by atoms with Crippen LogP contribution in [0.3, 0.4) is 0 Å². The molecule has 1 amide bonds. The van der Waals surface area contributed by atoms with Crippen LogP contribution in [0.1, 0.15) is 10.5 Å². The van der Waals surface area contributed by atoms with Gasteiger partial charge in [0.2, 0.25) is 0 Å². The number of primary amides is 1. The molecule has 1 heterocycles. The molecule has 0 aliphatic carbocycles. The van der Waals surface area contributed by atoms with Crippen LogP contribution in [0, 0.1) is 0 Å². The zero-order valence-electron chi connectivity index (χ0n) is 10.7. The molecule has 20 heavy (non-hydrogen) atoms. The van der Waals surface area contributed by atoms with E-state index in [-0.39, 0.29) is 0 Å². The van der Waals surface area contributed by atoms with E-state index in [0.717, 1.165) is 16.7 Å². The molecule has 0 aliphatic heterocycles. The van der Waals surface area contributed by atoms with Crippen molar-refractivity contribution in [1.29, 1.82) is 0 Å². The van der Waals surface area contributed by atoms with Gasteiger partial charge in [0.05, 0.1) is 6.33 Å². The van der Waals surface area contributed by atoms with E-state index in [1.54, 1.807) is 0 Å². The van der Waals surface area contributed by atoms with Gasteiger partial charge < -0.3 is 10.7 Å². The number of nitrogens with two attached hydrogens (primary N) is 1. The minimum absolute atomic E-state index is 0.329. The Morgan fingerprint density at radius 1 is 0.950 bits per heavy atom. The largest absolute Gasteiger partial charge is 0.364 e. The van der Waals surface area contributed by atoms with Gasteiger partial charge >= 0.3 is 0 Å². The fourth-order valence-electron chi connectivity index (χ4n) is 2.18. The van der Waals surface area contributed by atoms with Crippen LogP contribution in [0.4, 0.5) is 0 Å². The summed E-state index contributed by atoms with van der Waals surface area (Å²) in [6, 6.07) is 17.9. The molecule has 2 aromatic carbocycles. The molecule has 1 aromatic heterocycles. The quantitative estimate of drug-likeness (QED) is 0.762. The van der Waals surface area contributed by atoms with Crippen LogP contribution < -0.4 is 5.73 Å². The Morgan fingerprint density at radius 2 is 1.65 bits per heavy atom. The van der Waals surface area contributed by atoms with Crippen LogP contribution in [0.15, 0.2) is 60.9 Å². The highest BCUT2D eigenvalue weighted by molar-refractivity contribution is 5.97. The maximum atomic E-state index is 11.4. The van der Waals surface area contributed by atoms with E-state index in [1.807, 2.05) is 54.6 Å². The van der Waals surface area contributed by atoms with Gasteiger partial charge in [0.1, 0.15) is 11.4 Å². The first kappa shape index (κ1) is 12.2. The molecule has 3 rings (SSSR count). The highest BCUT2D eigenvalue weighted by Crippen LogP contribution is 2.26. The van der Waals surface area contributed by atoms with E-state index in [0.29, 0.717) is 11.4 Å². The Morgan fingerprint density at radius 3 is 2.40 bits per heavy atom. The number of rotatable bonds is 3. The van der Waals surface area contributed by atoms with Crippen LogP contribution in [0.25, 0.3) is 22.4 Å². The predicted octanol–water partition coefficient (Wildman–Crippen LogP) is 2.84. The molecule has 0 radical (unpaired) electrons. The van der Waals surface area contributed by atoms with Crippen molar-refractivity contribution in [3.8, 4) is 22.4 Å². The van der Waals surface area contributed by atoms with Gasteiger partial charge in [-0.15, -0.1) is 0 Å². The summed E-state index contributed by atoms with van der Waals surface area (Å²) in [5, 5.41) is 0. The third kappa shape index (κ3) is 2.19. The smallest absolute Gasteiger partial charge is 0.267 e. The number of benzene rings is 2. The first-order valence-corrected chi connectivity index (χ1v) is 6.25. The van der Waals surface area contributed by atoms with E-state index >= 15 is 0 Å². The Balaban J connectivity index is 2.08. The fraction of sp³-hybridized carbons (Fsp3) is 0. The Kier molecular flexibility index (Phi) is 3.05. The highest BCUT2D eigenvalue weighted by Gasteiger charge is 2.13. The summed E-state index contributed by atoms with van der Waals surface area (Å²) in [5.41, 5.74) is 9.29. The number of hydrogen-bond donors (Lipinski definition) is 2. The predicted molar refractivity (Wildman–Crippen MR) is 78.0 cm³/mol. The summed E-state index contributed by atoms with van der Waals surface area (Å²) >= 11 is 0. The lowest BCUT2D eigenvalue weighted by molar-refractivity contribution is 0.0996. The Labute approximate surface area is 116 Å². The standard InChI is InChI=1S/C16H13N3O/c17-16(20)15-14(18-10-19-15)13-8-4-7-12(9-13)11-5-2-1-3-6-11/h1-10H,(H2,17,20)(H,18,19). The van der Waals surface area contributed by atoms with Crippen molar-refractivity contribution >= 4 is 5.91 Å². The summed E-state index contributed by atoms with van der Waals surface area (Å²) in [7, 11) is 0. The molecule has 0 spiro atoms. The molecule has 4 nitrogen and oxygen atoms in total. The summed E-state index contributed by atoms with van der Waals surface area (Å²) in [4.78, 5) is 18.3. The molecule has 0 atom stereocenters. The van der Waals surface area contributed by atoms with Crippen molar-refractivity contribution in [2.75, 3.05) is 0 Å². The first-order chi connectivity index (χ1) is 9.75. The molecule has 0 aliphatic rings. The van der Waals surface area contributed by atoms with Gasteiger partial charge in [-0.25, -0.2) is 4.98 Å². The lowest BCUT2D eigenvalue weighted by Gasteiger charge is -2.05. The topological polar surface area (TPSA) is 71.8 Å². The van der Waals surface area contributed by atoms with Crippen molar-refractivity contribution in [2.45, 2.75) is 0 Å². The normalized spacial score (nSPS) is 10.4. The first-order valence-electron chi connectivity index (χ1n) is 6.25. The molecule has 0 fully saturated rings. The van der Waals surface area contributed by atoms with E-state index in [9.17, 15) is 4.79 Å². The second kappa shape index (κ2) is 5.01. The van der Waals surface area contributed by atoms with Crippen molar-refractivity contribution in [1.82, 2.24) is 9.97 Å². The summed E-state index contributed by atoms with van der Waals surface area (Å²) < 4.78 is 0. The number of aromatic amines is 1. The average Bonchev–Trinajstić information content (AvgIpc) is 2.98. The van der Waals surface area contributed by atoms with E-state index in [4.69, 9.17) is 5.73 Å². The van der Waals surface area contributed by atoms with Crippen LogP contribution in [0.5, 0.6) is 0 Å². The van der Waals surface area contributed by atoms with Gasteiger partial charge in [-0.05, 0) is 17.2 Å². The molecule has 0 saturated heterocycles. The number of imidazole rings is 1. The van der Waals surface area contributed by atoms with Gasteiger partial charge in [-0.2, -0.15) is 0 Å². The summed E-state index contributed by atoms with van der Waals surface area (Å²) in [5.74, 6) is -0.511. The second-order valence-corrected chi connectivity index (χ2v) is 4.44. The Hall–Kier alpha value is -2.88. The molecule has 3 N–H and O–H groups in total. The maximum Gasteiger partial charge on any atom is 0.267 e. The number of carbonyl (C=O) groups is 1. The lowest BCUT2D eigenvalue weighted by Crippen LogP contribution is -2.12. The number of carbonyl (C=O) groups excluding carboxylic acids is 1. The molecule has 98 valence electrons. The SMILES string of the molecule is NC(=O)c1[nH]cnc1-c1cccc(-c2ccccc2)c1. The number of hydrogen-bond acceptors (Lipinski definition) is 2. The second-order valence-electron chi connectivity index (χ2n) is 4.44. The molecule has 0 bridgehead atoms. The fourth-order valence-corrected chi connectivity index (χ4v) is 2.18. The van der Waals surface area contributed by atoms with Gasteiger partial charge in [0.15, 0.2) is 0 Å². The molecular formula is C16H13N3O. The van der Waals surface area contributed by atoms with Crippen molar-refractivity contribution in [2.24, 2.45) is 5.73 Å². The molecule has 0 unspecified atom stereocenters. The monoisotopic (exact) mass is 263 g/mol. The van der Waals surface area contributed by atoms with Crippen LogP contribution >= 0.6 is 0 Å². The zero-order valence-corrected chi connectivity index (χ0v) is 10.7.